The fourth-order valence-corrected chi connectivity index (χ4v) is 3.01. The molecule has 27 heavy (non-hydrogen) atoms. The Morgan fingerprint density at radius 2 is 1.89 bits per heavy atom. The Hall–Kier alpha value is -3.41. The van der Waals surface area contributed by atoms with E-state index >= 15 is 0 Å². The van der Waals surface area contributed by atoms with Gasteiger partial charge >= 0.3 is 0 Å². The molecule has 0 saturated heterocycles. The van der Waals surface area contributed by atoms with Gasteiger partial charge in [-0.3, -0.25) is 9.67 Å². The Bertz CT molecular complexity index is 1020. The maximum atomic E-state index is 5.19. The highest BCUT2D eigenvalue weighted by Crippen LogP contribution is 2.21. The molecule has 0 bridgehead atoms. The minimum absolute atomic E-state index is 0.800. The monoisotopic (exact) mass is 359 g/mol. The van der Waals surface area contributed by atoms with Gasteiger partial charge in [-0.1, -0.05) is 23.4 Å². The van der Waals surface area contributed by atoms with E-state index in [4.69, 9.17) is 4.74 Å². The summed E-state index contributed by atoms with van der Waals surface area (Å²) in [4.78, 5) is 4.47. The van der Waals surface area contributed by atoms with Crippen LogP contribution in [-0.2, 0) is 6.54 Å². The second-order valence-corrected chi connectivity index (χ2v) is 6.26. The van der Waals surface area contributed by atoms with Gasteiger partial charge in [0.1, 0.15) is 11.4 Å². The summed E-state index contributed by atoms with van der Waals surface area (Å²) in [5.41, 5.74) is 3.96. The van der Waals surface area contributed by atoms with Crippen LogP contribution in [0.2, 0.25) is 0 Å². The lowest BCUT2D eigenvalue weighted by Crippen LogP contribution is -2.07. The molecule has 0 fully saturated rings. The molecule has 0 amide bonds. The van der Waals surface area contributed by atoms with Crippen LogP contribution in [0.1, 0.15) is 6.42 Å². The summed E-state index contributed by atoms with van der Waals surface area (Å²) in [5, 5.41) is 13.1. The molecule has 0 spiro atoms. The molecule has 2 heterocycles. The van der Waals surface area contributed by atoms with E-state index in [9.17, 15) is 0 Å². The number of pyridine rings is 1. The largest absolute Gasteiger partial charge is 0.497 e. The minimum atomic E-state index is 0.800. The fraction of sp³-hybridized carbons (Fsp3) is 0.190. The highest BCUT2D eigenvalue weighted by Gasteiger charge is 2.05. The molecular formula is C21H21N5O. The van der Waals surface area contributed by atoms with Crippen molar-refractivity contribution in [3.63, 3.8) is 0 Å². The van der Waals surface area contributed by atoms with Gasteiger partial charge in [-0.15, -0.1) is 5.10 Å². The number of fused-ring (bicyclic) bond motifs is 1. The Kier molecular flexibility index (Phi) is 4.96. The Balaban J connectivity index is 1.33. The molecule has 0 aliphatic heterocycles. The number of nitrogens with one attached hydrogen (secondary N) is 1. The van der Waals surface area contributed by atoms with Crippen LogP contribution in [0.15, 0.2) is 67.0 Å². The number of methoxy groups -OCH3 is 1. The summed E-state index contributed by atoms with van der Waals surface area (Å²) >= 11 is 0. The number of para-hydroxylation sites is 1. The lowest BCUT2D eigenvalue weighted by Gasteiger charge is -2.08. The maximum absolute atomic E-state index is 5.19. The smallest absolute Gasteiger partial charge is 0.118 e. The number of aromatic nitrogens is 4. The number of anilines is 1. The molecular weight excluding hydrogens is 338 g/mol. The van der Waals surface area contributed by atoms with Gasteiger partial charge in [-0.2, -0.15) is 0 Å². The average molecular weight is 359 g/mol. The third kappa shape index (κ3) is 3.89. The highest BCUT2D eigenvalue weighted by atomic mass is 16.5. The van der Waals surface area contributed by atoms with Gasteiger partial charge in [-0.05, 0) is 42.8 Å². The van der Waals surface area contributed by atoms with E-state index in [0.717, 1.165) is 53.1 Å². The first-order chi connectivity index (χ1) is 13.3. The van der Waals surface area contributed by atoms with Crippen LogP contribution >= 0.6 is 0 Å². The number of benzene rings is 2. The zero-order valence-electron chi connectivity index (χ0n) is 15.2. The normalized spacial score (nSPS) is 10.9. The number of rotatable bonds is 7. The number of hydrogen-bond donors (Lipinski definition) is 1. The third-order valence-electron chi connectivity index (χ3n) is 4.44. The van der Waals surface area contributed by atoms with Crippen molar-refractivity contribution in [1.82, 2.24) is 20.0 Å². The highest BCUT2D eigenvalue weighted by molar-refractivity contribution is 5.90. The van der Waals surface area contributed by atoms with Crippen LogP contribution in [0.5, 0.6) is 5.75 Å². The van der Waals surface area contributed by atoms with E-state index in [1.54, 1.807) is 7.11 Å². The first kappa shape index (κ1) is 17.0. The SMILES string of the molecule is COc1ccc(-c2cn(CCCNc3cccc4cccnc34)nn2)cc1. The van der Waals surface area contributed by atoms with Crippen LogP contribution in [0.4, 0.5) is 5.69 Å². The average Bonchev–Trinajstić information content (AvgIpc) is 3.20. The van der Waals surface area contributed by atoms with Gasteiger partial charge in [0.05, 0.1) is 24.5 Å². The molecule has 136 valence electrons. The fourth-order valence-electron chi connectivity index (χ4n) is 3.01. The summed E-state index contributed by atoms with van der Waals surface area (Å²) in [6.07, 6.45) is 4.74. The Morgan fingerprint density at radius 3 is 2.74 bits per heavy atom. The summed E-state index contributed by atoms with van der Waals surface area (Å²) < 4.78 is 7.06. The molecule has 0 unspecified atom stereocenters. The van der Waals surface area contributed by atoms with Crippen LogP contribution in [0, 0.1) is 0 Å². The molecule has 4 aromatic rings. The molecule has 1 N–H and O–H groups in total. The molecule has 0 atom stereocenters. The zero-order valence-corrected chi connectivity index (χ0v) is 15.2. The van der Waals surface area contributed by atoms with Crippen LogP contribution in [0.3, 0.4) is 0 Å². The van der Waals surface area contributed by atoms with E-state index in [-0.39, 0.29) is 0 Å². The van der Waals surface area contributed by atoms with Gasteiger partial charge in [0.15, 0.2) is 0 Å². The van der Waals surface area contributed by atoms with E-state index in [1.807, 2.05) is 53.5 Å². The molecule has 2 aromatic heterocycles. The first-order valence-corrected chi connectivity index (χ1v) is 8.96. The Labute approximate surface area is 157 Å². The van der Waals surface area contributed by atoms with E-state index in [2.05, 4.69) is 38.8 Å². The second-order valence-electron chi connectivity index (χ2n) is 6.26. The van der Waals surface area contributed by atoms with Crippen molar-refractivity contribution in [2.45, 2.75) is 13.0 Å². The van der Waals surface area contributed by atoms with E-state index in [1.165, 1.54) is 0 Å². The second kappa shape index (κ2) is 7.86. The van der Waals surface area contributed by atoms with Crippen molar-refractivity contribution in [3.05, 3.63) is 67.0 Å². The van der Waals surface area contributed by atoms with Crippen LogP contribution < -0.4 is 10.1 Å². The summed E-state index contributed by atoms with van der Waals surface area (Å²) in [5.74, 6) is 0.833. The number of nitrogens with zero attached hydrogens (tertiary/aromatic N) is 4. The number of aryl methyl sites for hydroxylation is 1. The van der Waals surface area contributed by atoms with Crippen LogP contribution in [-0.4, -0.2) is 33.6 Å². The lowest BCUT2D eigenvalue weighted by molar-refractivity contribution is 0.415. The first-order valence-electron chi connectivity index (χ1n) is 8.96. The number of hydrogen-bond acceptors (Lipinski definition) is 5. The topological polar surface area (TPSA) is 64.9 Å². The van der Waals surface area contributed by atoms with E-state index in [0.29, 0.717) is 0 Å². The predicted molar refractivity (Wildman–Crippen MR) is 107 cm³/mol. The van der Waals surface area contributed by atoms with Gasteiger partial charge in [0.25, 0.3) is 0 Å². The molecule has 6 nitrogen and oxygen atoms in total. The zero-order chi connectivity index (χ0) is 18.5. The summed E-state index contributed by atoms with van der Waals surface area (Å²) in [6, 6.07) is 18.0. The molecule has 6 heteroatoms. The summed E-state index contributed by atoms with van der Waals surface area (Å²) in [7, 11) is 1.66. The van der Waals surface area contributed by atoms with E-state index < -0.39 is 0 Å². The molecule has 4 rings (SSSR count). The van der Waals surface area contributed by atoms with Crippen molar-refractivity contribution in [2.75, 3.05) is 19.0 Å². The minimum Gasteiger partial charge on any atom is -0.497 e. The third-order valence-corrected chi connectivity index (χ3v) is 4.44. The Morgan fingerprint density at radius 1 is 1.04 bits per heavy atom. The summed E-state index contributed by atoms with van der Waals surface area (Å²) in [6.45, 7) is 1.64. The molecule has 0 saturated carbocycles. The van der Waals surface area contributed by atoms with Crippen molar-refractivity contribution in [3.8, 4) is 17.0 Å². The van der Waals surface area contributed by atoms with Gasteiger partial charge in [-0.25, -0.2) is 0 Å². The molecule has 0 aliphatic carbocycles. The molecule has 2 aromatic carbocycles. The predicted octanol–water partition coefficient (Wildman–Crippen LogP) is 4.00. The van der Waals surface area contributed by atoms with Crippen LogP contribution in [0.25, 0.3) is 22.2 Å². The van der Waals surface area contributed by atoms with Crippen molar-refractivity contribution in [1.29, 1.82) is 0 Å². The lowest BCUT2D eigenvalue weighted by atomic mass is 10.2. The van der Waals surface area contributed by atoms with Gasteiger partial charge in [0, 0.05) is 30.2 Å². The quantitative estimate of drug-likeness (QED) is 0.505. The van der Waals surface area contributed by atoms with Crippen molar-refractivity contribution in [2.24, 2.45) is 0 Å². The molecule has 0 aliphatic rings. The molecule has 0 radical (unpaired) electrons. The van der Waals surface area contributed by atoms with Crippen molar-refractivity contribution < 1.29 is 4.74 Å². The maximum Gasteiger partial charge on any atom is 0.118 e. The van der Waals surface area contributed by atoms with Gasteiger partial charge < -0.3 is 10.1 Å². The van der Waals surface area contributed by atoms with Crippen molar-refractivity contribution >= 4 is 16.6 Å². The standard InChI is InChI=1S/C21H21N5O/c1-27-18-10-8-16(9-11-18)20-15-26(25-24-20)14-4-13-22-19-7-2-5-17-6-3-12-23-21(17)19/h2-3,5-12,15,22H,4,13-14H2,1H3. The van der Waals surface area contributed by atoms with Gasteiger partial charge in [0.2, 0.25) is 0 Å². The number of ether oxygens (including phenoxy) is 1.